The maximum absolute atomic E-state index is 12.1. The highest BCUT2D eigenvalue weighted by Gasteiger charge is 2.13. The molecule has 0 saturated carbocycles. The molecule has 1 aliphatic heterocycles. The lowest BCUT2D eigenvalue weighted by atomic mass is 10.1. The fourth-order valence-corrected chi connectivity index (χ4v) is 2.10. The Bertz CT molecular complexity index is 500. The Morgan fingerprint density at radius 2 is 2.17 bits per heavy atom. The second-order valence-electron chi connectivity index (χ2n) is 4.22. The lowest BCUT2D eigenvalue weighted by molar-refractivity contribution is 0.104. The van der Waals surface area contributed by atoms with E-state index in [0.717, 1.165) is 25.3 Å². The van der Waals surface area contributed by atoms with Gasteiger partial charge in [0, 0.05) is 31.8 Å². The number of carbonyl (C=O) groups excluding carboxylic acids is 1. The van der Waals surface area contributed by atoms with Crippen LogP contribution in [0.2, 0.25) is 10.0 Å². The van der Waals surface area contributed by atoms with Gasteiger partial charge >= 0.3 is 0 Å². The number of nitrogens with one attached hydrogen (secondary N) is 1. The highest BCUT2D eigenvalue weighted by atomic mass is 35.5. The van der Waals surface area contributed by atoms with Crippen LogP contribution in [-0.4, -0.2) is 30.8 Å². The maximum Gasteiger partial charge on any atom is 0.189 e. The van der Waals surface area contributed by atoms with Crippen LogP contribution < -0.4 is 5.32 Å². The van der Waals surface area contributed by atoms with Crippen LogP contribution in [0.5, 0.6) is 0 Å². The summed E-state index contributed by atoms with van der Waals surface area (Å²) in [6.45, 7) is 1.85. The number of carbonyl (C=O) groups is 1. The second-order valence-corrected chi connectivity index (χ2v) is 5.04. The summed E-state index contributed by atoms with van der Waals surface area (Å²) in [6, 6.07) is 4.90. The summed E-state index contributed by atoms with van der Waals surface area (Å²) in [5.74, 6) is 0.766. The summed E-state index contributed by atoms with van der Waals surface area (Å²) in [5, 5.41) is 4.05. The summed E-state index contributed by atoms with van der Waals surface area (Å²) < 4.78 is 0. The van der Waals surface area contributed by atoms with E-state index in [9.17, 15) is 4.79 Å². The normalized spacial score (nSPS) is 17.7. The van der Waals surface area contributed by atoms with Gasteiger partial charge in [0.05, 0.1) is 10.0 Å². The van der Waals surface area contributed by atoms with Crippen LogP contribution in [0.1, 0.15) is 16.8 Å². The molecule has 1 heterocycles. The molecule has 0 aliphatic carbocycles. The van der Waals surface area contributed by atoms with Crippen molar-refractivity contribution in [2.75, 3.05) is 20.1 Å². The first-order valence-corrected chi connectivity index (χ1v) is 6.49. The Balaban J connectivity index is 2.20. The first kappa shape index (κ1) is 13.2. The zero-order chi connectivity index (χ0) is 13.1. The van der Waals surface area contributed by atoms with Crippen LogP contribution in [0.4, 0.5) is 0 Å². The standard InChI is InChI=1S/C13H14Cl2N2O/c1-17-6-2-5-16-13(17)8-12(18)9-3-4-10(14)11(15)7-9/h3-4,7-8,16H,2,5-6H2,1H3/b13-8+. The Morgan fingerprint density at radius 1 is 1.39 bits per heavy atom. The van der Waals surface area contributed by atoms with Crippen LogP contribution in [0.15, 0.2) is 30.1 Å². The molecule has 0 aromatic heterocycles. The highest BCUT2D eigenvalue weighted by molar-refractivity contribution is 6.42. The monoisotopic (exact) mass is 284 g/mol. The van der Waals surface area contributed by atoms with Crippen molar-refractivity contribution in [1.29, 1.82) is 0 Å². The Kier molecular flexibility index (Phi) is 4.15. The highest BCUT2D eigenvalue weighted by Crippen LogP contribution is 2.23. The molecule has 1 aliphatic rings. The van der Waals surface area contributed by atoms with Crippen molar-refractivity contribution in [1.82, 2.24) is 10.2 Å². The molecule has 0 atom stereocenters. The third kappa shape index (κ3) is 2.98. The average Bonchev–Trinajstić information content (AvgIpc) is 2.35. The molecule has 96 valence electrons. The predicted molar refractivity (Wildman–Crippen MR) is 74.1 cm³/mol. The van der Waals surface area contributed by atoms with Crippen molar-refractivity contribution in [3.05, 3.63) is 45.7 Å². The van der Waals surface area contributed by atoms with Crippen molar-refractivity contribution >= 4 is 29.0 Å². The SMILES string of the molecule is CN1CCCN/C1=C\C(=O)c1ccc(Cl)c(Cl)c1. The van der Waals surface area contributed by atoms with Gasteiger partial charge in [0.15, 0.2) is 5.78 Å². The third-order valence-corrected chi connectivity index (χ3v) is 3.60. The quantitative estimate of drug-likeness (QED) is 0.670. The van der Waals surface area contributed by atoms with Crippen LogP contribution in [0.25, 0.3) is 0 Å². The summed E-state index contributed by atoms with van der Waals surface area (Å²) in [6.07, 6.45) is 2.67. The molecule has 0 bridgehead atoms. The van der Waals surface area contributed by atoms with E-state index in [1.165, 1.54) is 0 Å². The van der Waals surface area contributed by atoms with Crippen LogP contribution in [-0.2, 0) is 0 Å². The van der Waals surface area contributed by atoms with Gasteiger partial charge in [0.1, 0.15) is 5.82 Å². The molecule has 1 saturated heterocycles. The number of halogens is 2. The van der Waals surface area contributed by atoms with Gasteiger partial charge in [-0.05, 0) is 24.6 Å². The molecule has 0 spiro atoms. The summed E-state index contributed by atoms with van der Waals surface area (Å²) in [5.41, 5.74) is 0.540. The van der Waals surface area contributed by atoms with E-state index in [2.05, 4.69) is 5.32 Å². The number of hydrogen-bond acceptors (Lipinski definition) is 3. The first-order chi connectivity index (χ1) is 8.58. The van der Waals surface area contributed by atoms with Gasteiger partial charge in [-0.25, -0.2) is 0 Å². The Hall–Kier alpha value is -1.19. The van der Waals surface area contributed by atoms with Crippen molar-refractivity contribution < 1.29 is 4.79 Å². The zero-order valence-electron chi connectivity index (χ0n) is 10.0. The van der Waals surface area contributed by atoms with Gasteiger partial charge < -0.3 is 10.2 Å². The number of rotatable bonds is 2. The number of benzene rings is 1. The molecular formula is C13H14Cl2N2O. The fraction of sp³-hybridized carbons (Fsp3) is 0.308. The van der Waals surface area contributed by atoms with Gasteiger partial charge in [-0.15, -0.1) is 0 Å². The first-order valence-electron chi connectivity index (χ1n) is 5.74. The Labute approximate surface area is 116 Å². The van der Waals surface area contributed by atoms with Gasteiger partial charge in [0.25, 0.3) is 0 Å². The maximum atomic E-state index is 12.1. The number of nitrogens with zero attached hydrogens (tertiary/aromatic N) is 1. The van der Waals surface area contributed by atoms with E-state index in [4.69, 9.17) is 23.2 Å². The van der Waals surface area contributed by atoms with Crippen LogP contribution in [0, 0.1) is 0 Å². The number of ketones is 1. The van der Waals surface area contributed by atoms with Crippen molar-refractivity contribution in [2.45, 2.75) is 6.42 Å². The molecule has 0 unspecified atom stereocenters. The summed E-state index contributed by atoms with van der Waals surface area (Å²) >= 11 is 11.7. The predicted octanol–water partition coefficient (Wildman–Crippen LogP) is 2.94. The van der Waals surface area contributed by atoms with Crippen molar-refractivity contribution in [2.24, 2.45) is 0 Å². The van der Waals surface area contributed by atoms with E-state index in [-0.39, 0.29) is 5.78 Å². The minimum atomic E-state index is -0.0789. The van der Waals surface area contributed by atoms with Crippen molar-refractivity contribution in [3.63, 3.8) is 0 Å². The van der Waals surface area contributed by atoms with Gasteiger partial charge in [-0.1, -0.05) is 23.2 Å². The van der Waals surface area contributed by atoms with E-state index in [1.54, 1.807) is 24.3 Å². The van der Waals surface area contributed by atoms with Gasteiger partial charge in [0.2, 0.25) is 0 Å². The topological polar surface area (TPSA) is 32.3 Å². The van der Waals surface area contributed by atoms with E-state index in [1.807, 2.05) is 11.9 Å². The molecule has 2 rings (SSSR count). The third-order valence-electron chi connectivity index (χ3n) is 2.86. The van der Waals surface area contributed by atoms with E-state index >= 15 is 0 Å². The van der Waals surface area contributed by atoms with Crippen molar-refractivity contribution in [3.8, 4) is 0 Å². The fourth-order valence-electron chi connectivity index (χ4n) is 1.81. The molecule has 1 N–H and O–H groups in total. The lowest BCUT2D eigenvalue weighted by Gasteiger charge is -2.28. The Morgan fingerprint density at radius 3 is 2.83 bits per heavy atom. The van der Waals surface area contributed by atoms with E-state index < -0.39 is 0 Å². The van der Waals surface area contributed by atoms with Crippen LogP contribution >= 0.6 is 23.2 Å². The minimum absolute atomic E-state index is 0.0789. The smallest absolute Gasteiger partial charge is 0.189 e. The number of hydrogen-bond donors (Lipinski definition) is 1. The minimum Gasteiger partial charge on any atom is -0.372 e. The summed E-state index contributed by atoms with van der Waals surface area (Å²) in [4.78, 5) is 14.1. The zero-order valence-corrected chi connectivity index (χ0v) is 11.6. The second kappa shape index (κ2) is 5.63. The van der Waals surface area contributed by atoms with Gasteiger partial charge in [-0.3, -0.25) is 4.79 Å². The molecule has 0 radical (unpaired) electrons. The van der Waals surface area contributed by atoms with Gasteiger partial charge in [-0.2, -0.15) is 0 Å². The number of allylic oxidation sites excluding steroid dienone is 1. The molecule has 1 aromatic carbocycles. The molecule has 3 nitrogen and oxygen atoms in total. The molecule has 5 heteroatoms. The largest absolute Gasteiger partial charge is 0.372 e. The van der Waals surface area contributed by atoms with E-state index in [0.29, 0.717) is 15.6 Å². The average molecular weight is 285 g/mol. The molecule has 18 heavy (non-hydrogen) atoms. The molecular weight excluding hydrogens is 271 g/mol. The van der Waals surface area contributed by atoms with Crippen LogP contribution in [0.3, 0.4) is 0 Å². The summed E-state index contributed by atoms with van der Waals surface area (Å²) in [7, 11) is 1.96. The molecule has 0 amide bonds. The molecule has 1 aromatic rings. The molecule has 1 fully saturated rings. The lowest BCUT2D eigenvalue weighted by Crippen LogP contribution is -2.37.